The van der Waals surface area contributed by atoms with E-state index in [0.717, 1.165) is 28.0 Å². The molecule has 1 saturated carbocycles. The van der Waals surface area contributed by atoms with E-state index in [-0.39, 0.29) is 42.0 Å². The Bertz CT molecular complexity index is 1760. The predicted octanol–water partition coefficient (Wildman–Crippen LogP) is 7.29. The van der Waals surface area contributed by atoms with Crippen LogP contribution >= 0.6 is 0 Å². The Labute approximate surface area is 253 Å². The molecule has 0 amide bonds. The zero-order valence-electron chi connectivity index (χ0n) is 23.5. The first-order valence-electron chi connectivity index (χ1n) is 13.5. The van der Waals surface area contributed by atoms with E-state index in [1.165, 1.54) is 41.7 Å². The Morgan fingerprint density at radius 3 is 2.29 bits per heavy atom. The van der Waals surface area contributed by atoms with Crippen molar-refractivity contribution in [2.24, 2.45) is 5.41 Å². The molecule has 209 valence electrons. The minimum atomic E-state index is -0.990. The van der Waals surface area contributed by atoms with Gasteiger partial charge >= 0.3 is 5.97 Å². The van der Waals surface area contributed by atoms with Crippen LogP contribution in [0.25, 0.3) is 33.4 Å². The molecular weight excluding hydrogens is 689 g/mol. The SMILES string of the molecule is CC12CCC(C)(c3nc(-c4cc[c-]c(-c5cc6ccccc6cn5)c4)ncc31)C2(C)C.O=C(O)c1ccccn1.[Ir]. The molecular formula is C34H31IrN4O2-. The van der Waals surface area contributed by atoms with Crippen molar-refractivity contribution in [3.05, 3.63) is 108 Å². The van der Waals surface area contributed by atoms with Gasteiger partial charge in [-0.2, -0.15) is 0 Å². The predicted molar refractivity (Wildman–Crippen MR) is 156 cm³/mol. The third kappa shape index (κ3) is 4.58. The molecule has 2 aliphatic rings. The maximum Gasteiger partial charge on any atom is 0.354 e. The van der Waals surface area contributed by atoms with Gasteiger partial charge in [0.05, 0.1) is 5.69 Å². The first-order chi connectivity index (χ1) is 19.1. The molecule has 1 N–H and O–H groups in total. The monoisotopic (exact) mass is 720 g/mol. The standard InChI is InChI=1S/C28H26N3.C6H5NO2.Ir/c1-26(2)27(3)12-13-28(26,4)24-22(27)17-30-25(31-24)20-11-7-10-19(14-20)23-15-18-8-5-6-9-21(18)16-29-23;8-6(9)5-3-1-2-4-7-5;/h5-9,11,14-17H,12-13H2,1-4H3;1-4H,(H,8,9);/q-1;;. The van der Waals surface area contributed by atoms with Gasteiger partial charge in [0.25, 0.3) is 0 Å². The second-order valence-electron chi connectivity index (χ2n) is 11.7. The number of nitrogens with zero attached hydrogens (tertiary/aromatic N) is 4. The zero-order chi connectivity index (χ0) is 28.1. The fraction of sp³-hybridized carbons (Fsp3) is 0.265. The molecule has 0 saturated heterocycles. The van der Waals surface area contributed by atoms with Gasteiger partial charge in [-0.15, -0.1) is 29.8 Å². The molecule has 2 unspecified atom stereocenters. The van der Waals surface area contributed by atoms with E-state index in [2.05, 4.69) is 86.3 Å². The maximum atomic E-state index is 10.1. The summed E-state index contributed by atoms with van der Waals surface area (Å²) in [4.78, 5) is 28.4. The molecule has 2 aliphatic carbocycles. The molecule has 0 aliphatic heterocycles. The number of hydrogen-bond acceptors (Lipinski definition) is 5. The number of carboxylic acids is 1. The molecule has 2 aromatic carbocycles. The fourth-order valence-corrected chi connectivity index (χ4v) is 6.44. The van der Waals surface area contributed by atoms with Gasteiger partial charge in [-0.1, -0.05) is 69.7 Å². The number of benzene rings is 2. The van der Waals surface area contributed by atoms with E-state index in [1.807, 2.05) is 18.3 Å². The normalized spacial score (nSPS) is 21.4. The number of fused-ring (bicyclic) bond motifs is 6. The molecule has 5 aromatic rings. The van der Waals surface area contributed by atoms with Gasteiger partial charge in [-0.05, 0) is 52.4 Å². The molecule has 1 radical (unpaired) electrons. The van der Waals surface area contributed by atoms with E-state index in [1.54, 1.807) is 12.1 Å². The van der Waals surface area contributed by atoms with Gasteiger partial charge in [0.1, 0.15) is 11.5 Å². The summed E-state index contributed by atoms with van der Waals surface area (Å²) in [5, 5.41) is 10.6. The van der Waals surface area contributed by atoms with Crippen LogP contribution in [0.4, 0.5) is 0 Å². The van der Waals surface area contributed by atoms with Gasteiger partial charge in [0, 0.05) is 49.5 Å². The Hall–Kier alpha value is -3.80. The summed E-state index contributed by atoms with van der Waals surface area (Å²) in [6, 6.07) is 24.6. The molecule has 41 heavy (non-hydrogen) atoms. The van der Waals surface area contributed by atoms with E-state index < -0.39 is 5.97 Å². The summed E-state index contributed by atoms with van der Waals surface area (Å²) in [5.41, 5.74) is 5.99. The van der Waals surface area contributed by atoms with Crippen LogP contribution < -0.4 is 0 Å². The summed E-state index contributed by atoms with van der Waals surface area (Å²) in [7, 11) is 0. The Kier molecular flexibility index (Phi) is 7.39. The number of pyridine rings is 2. The second kappa shape index (κ2) is 10.6. The third-order valence-corrected chi connectivity index (χ3v) is 9.64. The maximum absolute atomic E-state index is 10.1. The van der Waals surface area contributed by atoms with Crippen molar-refractivity contribution in [3.8, 4) is 22.6 Å². The summed E-state index contributed by atoms with van der Waals surface area (Å²) < 4.78 is 0. The Balaban J connectivity index is 0.000000291. The van der Waals surface area contributed by atoms with Crippen LogP contribution in [0.5, 0.6) is 0 Å². The summed E-state index contributed by atoms with van der Waals surface area (Å²) in [6.45, 7) is 9.60. The Morgan fingerprint density at radius 2 is 1.59 bits per heavy atom. The van der Waals surface area contributed by atoms with Gasteiger partial charge in [-0.25, -0.2) is 19.7 Å². The van der Waals surface area contributed by atoms with Crippen molar-refractivity contribution in [2.45, 2.75) is 51.4 Å². The van der Waals surface area contributed by atoms with E-state index in [0.29, 0.717) is 0 Å². The number of carboxylic acid groups (broad SMARTS) is 1. The minimum absolute atomic E-state index is 0. The summed E-state index contributed by atoms with van der Waals surface area (Å²) >= 11 is 0. The second-order valence-corrected chi connectivity index (χ2v) is 11.7. The topological polar surface area (TPSA) is 88.9 Å². The van der Waals surface area contributed by atoms with E-state index in [4.69, 9.17) is 15.1 Å². The molecule has 3 heterocycles. The smallest absolute Gasteiger partial charge is 0.354 e. The average molecular weight is 720 g/mol. The van der Waals surface area contributed by atoms with Crippen LogP contribution in [-0.4, -0.2) is 31.0 Å². The van der Waals surface area contributed by atoms with Crippen molar-refractivity contribution in [2.75, 3.05) is 0 Å². The third-order valence-electron chi connectivity index (χ3n) is 9.64. The van der Waals surface area contributed by atoms with Gasteiger partial charge in [-0.3, -0.25) is 0 Å². The van der Waals surface area contributed by atoms with Crippen molar-refractivity contribution < 1.29 is 30.0 Å². The molecule has 7 rings (SSSR count). The van der Waals surface area contributed by atoms with Gasteiger partial charge in [0.15, 0.2) is 0 Å². The van der Waals surface area contributed by atoms with Crippen LogP contribution in [0.2, 0.25) is 0 Å². The van der Waals surface area contributed by atoms with Gasteiger partial charge < -0.3 is 10.1 Å². The molecule has 1 fully saturated rings. The van der Waals surface area contributed by atoms with Crippen LogP contribution in [-0.2, 0) is 30.9 Å². The molecule has 3 aromatic heterocycles. The van der Waals surface area contributed by atoms with Crippen LogP contribution in [0.1, 0.15) is 62.3 Å². The number of hydrogen-bond donors (Lipinski definition) is 1. The molecule has 6 nitrogen and oxygen atoms in total. The Morgan fingerprint density at radius 1 is 0.854 bits per heavy atom. The fourth-order valence-electron chi connectivity index (χ4n) is 6.44. The van der Waals surface area contributed by atoms with Crippen molar-refractivity contribution in [1.82, 2.24) is 19.9 Å². The first-order valence-corrected chi connectivity index (χ1v) is 13.5. The molecule has 2 bridgehead atoms. The van der Waals surface area contributed by atoms with Crippen molar-refractivity contribution >= 4 is 16.7 Å². The molecule has 0 spiro atoms. The largest absolute Gasteiger partial charge is 0.477 e. The first kappa shape index (κ1) is 28.7. The van der Waals surface area contributed by atoms with Crippen molar-refractivity contribution in [3.63, 3.8) is 0 Å². The quantitative estimate of drug-likeness (QED) is 0.197. The number of aromatic nitrogens is 4. The van der Waals surface area contributed by atoms with Crippen LogP contribution in [0.3, 0.4) is 0 Å². The van der Waals surface area contributed by atoms with E-state index >= 15 is 0 Å². The van der Waals surface area contributed by atoms with Crippen LogP contribution in [0.15, 0.2) is 85.3 Å². The van der Waals surface area contributed by atoms with E-state index in [9.17, 15) is 4.79 Å². The average Bonchev–Trinajstić information content (AvgIpc) is 3.25. The molecule has 2 atom stereocenters. The number of carbonyl (C=O) groups is 1. The summed E-state index contributed by atoms with van der Waals surface area (Å²) in [6.07, 6.45) is 7.87. The minimum Gasteiger partial charge on any atom is -0.477 e. The van der Waals surface area contributed by atoms with Crippen LogP contribution in [0, 0.1) is 11.5 Å². The molecule has 7 heteroatoms. The zero-order valence-corrected chi connectivity index (χ0v) is 25.9. The number of rotatable bonds is 3. The number of aromatic carboxylic acids is 1. The van der Waals surface area contributed by atoms with Gasteiger partial charge in [0.2, 0.25) is 0 Å². The summed E-state index contributed by atoms with van der Waals surface area (Å²) in [5.74, 6) is -0.196. The van der Waals surface area contributed by atoms with Crippen molar-refractivity contribution in [1.29, 1.82) is 0 Å².